The van der Waals surface area contributed by atoms with Crippen molar-refractivity contribution in [2.75, 3.05) is 6.54 Å². The van der Waals surface area contributed by atoms with Gasteiger partial charge in [-0.05, 0) is 37.6 Å². The highest BCUT2D eigenvalue weighted by Gasteiger charge is 1.99. The van der Waals surface area contributed by atoms with Gasteiger partial charge in [0.2, 0.25) is 0 Å². The predicted octanol–water partition coefficient (Wildman–Crippen LogP) is 2.17. The van der Waals surface area contributed by atoms with E-state index in [2.05, 4.69) is 25.7 Å². The first-order valence-corrected chi connectivity index (χ1v) is 5.22. The lowest BCUT2D eigenvalue weighted by Gasteiger charge is -2.11. The Hall–Kier alpha value is -1.46. The van der Waals surface area contributed by atoms with Crippen molar-refractivity contribution in [3.8, 4) is 17.6 Å². The zero-order chi connectivity index (χ0) is 11.1. The Morgan fingerprint density at radius 2 is 2.00 bits per heavy atom. The second-order valence-corrected chi connectivity index (χ2v) is 3.37. The van der Waals surface area contributed by atoms with Crippen molar-refractivity contribution in [1.82, 2.24) is 0 Å². The van der Waals surface area contributed by atoms with E-state index in [4.69, 9.17) is 10.5 Å². The molecule has 1 atom stereocenters. The van der Waals surface area contributed by atoms with Crippen LogP contribution in [0.25, 0.3) is 0 Å². The molecule has 0 aromatic heterocycles. The second kappa shape index (κ2) is 6.10. The van der Waals surface area contributed by atoms with Gasteiger partial charge >= 0.3 is 0 Å². The fourth-order valence-corrected chi connectivity index (χ4v) is 1.09. The van der Waals surface area contributed by atoms with Crippen molar-refractivity contribution >= 4 is 0 Å². The lowest BCUT2D eigenvalue weighted by Crippen LogP contribution is -2.09. The van der Waals surface area contributed by atoms with Gasteiger partial charge in [0.05, 0.1) is 12.6 Å². The van der Waals surface area contributed by atoms with Gasteiger partial charge < -0.3 is 10.5 Å². The van der Waals surface area contributed by atoms with Gasteiger partial charge in [-0.3, -0.25) is 0 Å². The summed E-state index contributed by atoms with van der Waals surface area (Å²) in [5, 5.41) is 0. The number of hydrogen-bond donors (Lipinski definition) is 1. The van der Waals surface area contributed by atoms with Gasteiger partial charge in [-0.15, -0.1) is 0 Å². The smallest absolute Gasteiger partial charge is 0.119 e. The summed E-state index contributed by atoms with van der Waals surface area (Å²) in [6.45, 7) is 4.55. The number of ether oxygens (including phenoxy) is 1. The van der Waals surface area contributed by atoms with Crippen molar-refractivity contribution in [2.24, 2.45) is 5.73 Å². The molecule has 1 aromatic rings. The number of hydrogen-bond acceptors (Lipinski definition) is 2. The molecule has 2 nitrogen and oxygen atoms in total. The third-order valence-corrected chi connectivity index (χ3v) is 2.10. The summed E-state index contributed by atoms with van der Waals surface area (Å²) in [6.07, 6.45) is 1.26. The third-order valence-electron chi connectivity index (χ3n) is 2.10. The maximum atomic E-state index is 5.65. The summed E-state index contributed by atoms with van der Waals surface area (Å²) in [5.74, 6) is 6.67. The molecule has 0 heterocycles. The van der Waals surface area contributed by atoms with Crippen LogP contribution < -0.4 is 10.5 Å². The van der Waals surface area contributed by atoms with Crippen LogP contribution in [-0.2, 0) is 0 Å². The molecule has 0 aliphatic rings. The van der Waals surface area contributed by atoms with Crippen molar-refractivity contribution in [3.63, 3.8) is 0 Å². The quantitative estimate of drug-likeness (QED) is 0.764. The SMILES string of the molecule is CCC(C)Oc1ccc(C#CCN)cc1. The lowest BCUT2D eigenvalue weighted by molar-refractivity contribution is 0.217. The molecule has 0 amide bonds. The summed E-state index contributed by atoms with van der Waals surface area (Å²) in [5.41, 5.74) is 6.26. The average molecular weight is 203 g/mol. The molecule has 2 N–H and O–H groups in total. The lowest BCUT2D eigenvalue weighted by atomic mass is 10.2. The monoisotopic (exact) mass is 203 g/mol. The van der Waals surface area contributed by atoms with Crippen LogP contribution in [-0.4, -0.2) is 12.6 Å². The molecule has 15 heavy (non-hydrogen) atoms. The molecule has 0 bridgehead atoms. The molecule has 0 saturated heterocycles. The molecule has 0 fully saturated rings. The molecule has 0 aliphatic heterocycles. The maximum Gasteiger partial charge on any atom is 0.119 e. The molecule has 0 aliphatic carbocycles. The zero-order valence-corrected chi connectivity index (χ0v) is 9.29. The van der Waals surface area contributed by atoms with E-state index in [1.54, 1.807) is 0 Å². The topological polar surface area (TPSA) is 35.2 Å². The molecule has 1 rings (SSSR count). The van der Waals surface area contributed by atoms with Crippen LogP contribution in [0.2, 0.25) is 0 Å². The molecular formula is C13H17NO. The Morgan fingerprint density at radius 3 is 2.53 bits per heavy atom. The molecule has 1 aromatic carbocycles. The Kier molecular flexibility index (Phi) is 4.73. The Balaban J connectivity index is 2.64. The third kappa shape index (κ3) is 4.05. The van der Waals surface area contributed by atoms with Crippen LogP contribution >= 0.6 is 0 Å². The summed E-state index contributed by atoms with van der Waals surface area (Å²) >= 11 is 0. The van der Waals surface area contributed by atoms with Crippen LogP contribution in [0.4, 0.5) is 0 Å². The number of nitrogens with two attached hydrogens (primary N) is 1. The van der Waals surface area contributed by atoms with Gasteiger partial charge in [-0.2, -0.15) is 0 Å². The molecular weight excluding hydrogens is 186 g/mol. The largest absolute Gasteiger partial charge is 0.491 e. The molecule has 0 spiro atoms. The van der Waals surface area contributed by atoms with Crippen LogP contribution in [0, 0.1) is 11.8 Å². The van der Waals surface area contributed by atoms with Gasteiger partial charge in [0, 0.05) is 5.56 Å². The predicted molar refractivity (Wildman–Crippen MR) is 62.8 cm³/mol. The van der Waals surface area contributed by atoms with Crippen molar-refractivity contribution in [3.05, 3.63) is 29.8 Å². The Labute approximate surface area is 91.4 Å². The molecule has 0 radical (unpaired) electrons. The van der Waals surface area contributed by atoms with Crippen molar-refractivity contribution < 1.29 is 4.74 Å². The minimum Gasteiger partial charge on any atom is -0.491 e. The minimum absolute atomic E-state index is 0.256. The van der Waals surface area contributed by atoms with Gasteiger partial charge in [0.25, 0.3) is 0 Å². The van der Waals surface area contributed by atoms with Crippen LogP contribution in [0.3, 0.4) is 0 Å². The first-order chi connectivity index (χ1) is 7.26. The fraction of sp³-hybridized carbons (Fsp3) is 0.385. The van der Waals surface area contributed by atoms with E-state index >= 15 is 0 Å². The van der Waals surface area contributed by atoms with Gasteiger partial charge in [0.1, 0.15) is 5.75 Å². The van der Waals surface area contributed by atoms with E-state index in [1.807, 2.05) is 24.3 Å². The summed E-state index contributed by atoms with van der Waals surface area (Å²) in [6, 6.07) is 7.76. The van der Waals surface area contributed by atoms with E-state index in [-0.39, 0.29) is 6.10 Å². The van der Waals surface area contributed by atoms with E-state index < -0.39 is 0 Å². The van der Waals surface area contributed by atoms with Crippen molar-refractivity contribution in [1.29, 1.82) is 0 Å². The van der Waals surface area contributed by atoms with E-state index in [1.165, 1.54) is 0 Å². The first-order valence-electron chi connectivity index (χ1n) is 5.22. The van der Waals surface area contributed by atoms with E-state index in [9.17, 15) is 0 Å². The normalized spacial score (nSPS) is 11.4. The first kappa shape index (κ1) is 11.6. The van der Waals surface area contributed by atoms with Crippen LogP contribution in [0.5, 0.6) is 5.75 Å². The maximum absolute atomic E-state index is 5.65. The van der Waals surface area contributed by atoms with Gasteiger partial charge in [-0.25, -0.2) is 0 Å². The molecule has 0 saturated carbocycles. The fourth-order valence-electron chi connectivity index (χ4n) is 1.09. The van der Waals surface area contributed by atoms with Crippen LogP contribution in [0.15, 0.2) is 24.3 Å². The summed E-state index contributed by atoms with van der Waals surface area (Å²) < 4.78 is 5.65. The van der Waals surface area contributed by atoms with E-state index in [0.717, 1.165) is 17.7 Å². The standard InChI is InChI=1S/C13H17NO/c1-3-11(2)15-13-8-6-12(7-9-13)5-4-10-14/h6-9,11H,3,10,14H2,1-2H3. The van der Waals surface area contributed by atoms with E-state index in [0.29, 0.717) is 6.54 Å². The Bertz CT molecular complexity index is 345. The summed E-state index contributed by atoms with van der Waals surface area (Å²) in [4.78, 5) is 0. The minimum atomic E-state index is 0.256. The van der Waals surface area contributed by atoms with Gasteiger partial charge in [-0.1, -0.05) is 18.8 Å². The molecule has 80 valence electrons. The molecule has 1 unspecified atom stereocenters. The van der Waals surface area contributed by atoms with Gasteiger partial charge in [0.15, 0.2) is 0 Å². The highest BCUT2D eigenvalue weighted by atomic mass is 16.5. The van der Waals surface area contributed by atoms with Crippen molar-refractivity contribution in [2.45, 2.75) is 26.4 Å². The Morgan fingerprint density at radius 1 is 1.33 bits per heavy atom. The highest BCUT2D eigenvalue weighted by Crippen LogP contribution is 2.14. The molecule has 2 heteroatoms. The number of benzene rings is 1. The summed E-state index contributed by atoms with van der Waals surface area (Å²) in [7, 11) is 0. The highest BCUT2D eigenvalue weighted by molar-refractivity contribution is 5.38. The number of rotatable bonds is 3. The zero-order valence-electron chi connectivity index (χ0n) is 9.29. The van der Waals surface area contributed by atoms with Crippen LogP contribution in [0.1, 0.15) is 25.8 Å². The average Bonchev–Trinajstić information content (AvgIpc) is 2.28. The second-order valence-electron chi connectivity index (χ2n) is 3.37.